The maximum Gasteiger partial charge on any atom is 0.253 e. The molecule has 0 N–H and O–H groups in total. The van der Waals surface area contributed by atoms with Crippen LogP contribution in [0.4, 0.5) is 0 Å². The summed E-state index contributed by atoms with van der Waals surface area (Å²) in [5, 5.41) is 0. The third-order valence-electron chi connectivity index (χ3n) is 6.80. The molecular formula is C24H29N3O2S. The Morgan fingerprint density at radius 2 is 1.67 bits per heavy atom. The number of amides is 1. The summed E-state index contributed by atoms with van der Waals surface area (Å²) in [5.41, 5.74) is 3.19. The zero-order chi connectivity index (χ0) is 20.5. The van der Waals surface area contributed by atoms with Gasteiger partial charge in [-0.05, 0) is 54.7 Å². The lowest BCUT2D eigenvalue weighted by Crippen LogP contribution is -2.53. The number of fused-ring (bicyclic) bond motifs is 1. The molecule has 1 atom stereocenters. The minimum absolute atomic E-state index is 0.154. The first-order valence-electron chi connectivity index (χ1n) is 11.1. The van der Waals surface area contributed by atoms with Crippen molar-refractivity contribution in [1.29, 1.82) is 0 Å². The highest BCUT2D eigenvalue weighted by molar-refractivity contribution is 7.82. The van der Waals surface area contributed by atoms with E-state index in [-0.39, 0.29) is 5.91 Å². The van der Waals surface area contributed by atoms with Crippen LogP contribution in [0.3, 0.4) is 0 Å². The first-order valence-corrected chi connectivity index (χ1v) is 12.2. The van der Waals surface area contributed by atoms with Gasteiger partial charge in [-0.3, -0.25) is 9.69 Å². The molecule has 2 aliphatic heterocycles. The Hall–Kier alpha value is -2.02. The summed E-state index contributed by atoms with van der Waals surface area (Å²) in [5.74, 6) is 0.154. The third-order valence-corrected chi connectivity index (χ3v) is 8.26. The van der Waals surface area contributed by atoms with Crippen LogP contribution in [-0.4, -0.2) is 63.0 Å². The van der Waals surface area contributed by atoms with Crippen LogP contribution >= 0.6 is 0 Å². The van der Waals surface area contributed by atoms with Gasteiger partial charge in [-0.15, -0.1) is 0 Å². The topological polar surface area (TPSA) is 43.9 Å². The number of carbonyl (C=O) groups is 1. The molecule has 0 radical (unpaired) electrons. The first kappa shape index (κ1) is 19.9. The van der Waals surface area contributed by atoms with Crippen molar-refractivity contribution in [3.8, 4) is 0 Å². The van der Waals surface area contributed by atoms with Crippen LogP contribution in [0.1, 0.15) is 40.7 Å². The monoisotopic (exact) mass is 423 g/mol. The lowest BCUT2D eigenvalue weighted by Gasteiger charge is -2.43. The Balaban J connectivity index is 1.23. The Morgan fingerprint density at radius 3 is 2.37 bits per heavy atom. The summed E-state index contributed by atoms with van der Waals surface area (Å²) in [6.45, 7) is 5.06. The third kappa shape index (κ3) is 3.96. The van der Waals surface area contributed by atoms with Crippen molar-refractivity contribution < 1.29 is 9.00 Å². The number of piperazine rings is 1. The molecule has 0 aromatic heterocycles. The highest BCUT2D eigenvalue weighted by Crippen LogP contribution is 2.27. The van der Waals surface area contributed by atoms with E-state index in [1.807, 2.05) is 45.6 Å². The Labute approximate surface area is 181 Å². The fraction of sp³-hybridized carbons (Fsp3) is 0.458. The average molecular weight is 424 g/mol. The SMILES string of the molecule is O=C(c1ccc2c(c1)CCN(S(=O)c1ccccc1)C2)N1CCN(C2CCC2)CC1. The Kier molecular flexibility index (Phi) is 5.72. The lowest BCUT2D eigenvalue weighted by molar-refractivity contribution is 0.0455. The molecule has 2 heterocycles. The number of nitrogens with zero attached hydrogens (tertiary/aromatic N) is 3. The zero-order valence-corrected chi connectivity index (χ0v) is 18.2. The van der Waals surface area contributed by atoms with Crippen molar-refractivity contribution in [2.75, 3.05) is 32.7 Å². The fourth-order valence-corrected chi connectivity index (χ4v) is 5.91. The van der Waals surface area contributed by atoms with E-state index in [1.54, 1.807) is 0 Å². The van der Waals surface area contributed by atoms with E-state index in [9.17, 15) is 9.00 Å². The van der Waals surface area contributed by atoms with Gasteiger partial charge in [-0.25, -0.2) is 8.51 Å². The van der Waals surface area contributed by atoms with Gasteiger partial charge in [0.2, 0.25) is 0 Å². The molecule has 0 spiro atoms. The fourth-order valence-electron chi connectivity index (χ4n) is 4.71. The van der Waals surface area contributed by atoms with Crippen molar-refractivity contribution in [2.45, 2.75) is 43.2 Å². The molecule has 0 bridgehead atoms. The predicted molar refractivity (Wildman–Crippen MR) is 119 cm³/mol. The van der Waals surface area contributed by atoms with E-state index >= 15 is 0 Å². The van der Waals surface area contributed by atoms with Crippen LogP contribution in [0.15, 0.2) is 53.4 Å². The Bertz CT molecular complexity index is 937. The predicted octanol–water partition coefficient (Wildman–Crippen LogP) is 3.08. The summed E-state index contributed by atoms with van der Waals surface area (Å²) < 4.78 is 14.9. The molecule has 5 rings (SSSR count). The average Bonchev–Trinajstić information content (AvgIpc) is 2.77. The van der Waals surface area contributed by atoms with Gasteiger partial charge >= 0.3 is 0 Å². The van der Waals surface area contributed by atoms with Crippen molar-refractivity contribution in [1.82, 2.24) is 14.1 Å². The second-order valence-corrected chi connectivity index (χ2v) is 10.1. The number of hydrogen-bond acceptors (Lipinski definition) is 3. The van der Waals surface area contributed by atoms with E-state index in [0.29, 0.717) is 6.54 Å². The second kappa shape index (κ2) is 8.61. The molecule has 1 saturated carbocycles. The molecule has 6 heteroatoms. The summed E-state index contributed by atoms with van der Waals surface area (Å²) >= 11 is 0. The van der Waals surface area contributed by atoms with Crippen LogP contribution in [0.5, 0.6) is 0 Å². The van der Waals surface area contributed by atoms with Gasteiger partial charge < -0.3 is 4.90 Å². The smallest absolute Gasteiger partial charge is 0.253 e. The summed E-state index contributed by atoms with van der Waals surface area (Å²) in [4.78, 5) is 18.5. The van der Waals surface area contributed by atoms with E-state index < -0.39 is 11.0 Å². The largest absolute Gasteiger partial charge is 0.336 e. The molecule has 1 unspecified atom stereocenters. The highest BCUT2D eigenvalue weighted by Gasteiger charge is 2.30. The van der Waals surface area contributed by atoms with E-state index in [2.05, 4.69) is 17.0 Å². The maximum atomic E-state index is 13.1. The van der Waals surface area contributed by atoms with Crippen molar-refractivity contribution in [3.05, 3.63) is 65.2 Å². The maximum absolute atomic E-state index is 13.1. The van der Waals surface area contributed by atoms with Crippen molar-refractivity contribution >= 4 is 16.9 Å². The molecule has 2 fully saturated rings. The zero-order valence-electron chi connectivity index (χ0n) is 17.3. The van der Waals surface area contributed by atoms with Gasteiger partial charge in [0.25, 0.3) is 5.91 Å². The Morgan fingerprint density at radius 1 is 0.900 bits per heavy atom. The van der Waals surface area contributed by atoms with E-state index in [0.717, 1.165) is 55.6 Å². The van der Waals surface area contributed by atoms with Gasteiger partial charge in [-0.2, -0.15) is 0 Å². The molecule has 5 nitrogen and oxygen atoms in total. The molecule has 1 aliphatic carbocycles. The van der Waals surface area contributed by atoms with E-state index in [1.165, 1.54) is 30.4 Å². The molecule has 3 aliphatic rings. The van der Waals surface area contributed by atoms with E-state index in [4.69, 9.17) is 0 Å². The normalized spacial score (nSPS) is 21.7. The molecule has 1 saturated heterocycles. The van der Waals surface area contributed by atoms with Gasteiger partial charge in [0.15, 0.2) is 0 Å². The minimum atomic E-state index is -1.15. The molecule has 2 aromatic carbocycles. The highest BCUT2D eigenvalue weighted by atomic mass is 32.2. The quantitative estimate of drug-likeness (QED) is 0.759. The molecular weight excluding hydrogens is 394 g/mol. The molecule has 30 heavy (non-hydrogen) atoms. The van der Waals surface area contributed by atoms with Gasteiger partial charge in [0, 0.05) is 50.9 Å². The summed E-state index contributed by atoms with van der Waals surface area (Å²) in [6, 6.07) is 16.5. The number of carbonyl (C=O) groups excluding carboxylic acids is 1. The number of hydrogen-bond donors (Lipinski definition) is 0. The van der Waals surface area contributed by atoms with Gasteiger partial charge in [0.05, 0.1) is 4.90 Å². The van der Waals surface area contributed by atoms with Gasteiger partial charge in [0.1, 0.15) is 11.0 Å². The second-order valence-electron chi connectivity index (χ2n) is 8.57. The molecule has 1 amide bonds. The molecule has 158 valence electrons. The van der Waals surface area contributed by atoms with Crippen LogP contribution in [0, 0.1) is 0 Å². The minimum Gasteiger partial charge on any atom is -0.336 e. The van der Waals surface area contributed by atoms with Crippen LogP contribution in [0.2, 0.25) is 0 Å². The number of benzene rings is 2. The lowest BCUT2D eigenvalue weighted by atomic mass is 9.91. The van der Waals surface area contributed by atoms with Gasteiger partial charge in [-0.1, -0.05) is 30.7 Å². The summed E-state index contributed by atoms with van der Waals surface area (Å²) in [6.07, 6.45) is 4.83. The molecule has 2 aromatic rings. The van der Waals surface area contributed by atoms with Crippen molar-refractivity contribution in [2.24, 2.45) is 0 Å². The van der Waals surface area contributed by atoms with Crippen LogP contribution in [-0.2, 0) is 24.0 Å². The van der Waals surface area contributed by atoms with Crippen LogP contribution in [0.25, 0.3) is 0 Å². The first-order chi connectivity index (χ1) is 14.7. The van der Waals surface area contributed by atoms with Crippen LogP contribution < -0.4 is 0 Å². The van der Waals surface area contributed by atoms with Crippen molar-refractivity contribution in [3.63, 3.8) is 0 Å². The standard InChI is InChI=1S/C24H29N3O2S/c28-24(26-15-13-25(14-16-26)22-5-4-6-22)20-9-10-21-18-27(12-11-19(21)17-20)30(29)23-7-2-1-3-8-23/h1-3,7-10,17,22H,4-6,11-16,18H2. The summed E-state index contributed by atoms with van der Waals surface area (Å²) in [7, 11) is -1.15. The number of rotatable bonds is 4.